The van der Waals surface area contributed by atoms with Gasteiger partial charge in [0.1, 0.15) is 0 Å². The van der Waals surface area contributed by atoms with Gasteiger partial charge in [-0.3, -0.25) is 4.79 Å². The van der Waals surface area contributed by atoms with Gasteiger partial charge in [0, 0.05) is 0 Å². The van der Waals surface area contributed by atoms with Crippen LogP contribution in [0.3, 0.4) is 0 Å². The third-order valence-corrected chi connectivity index (χ3v) is 10.3. The number of allylic oxidation sites excluding steroid dienone is 4. The van der Waals surface area contributed by atoms with Gasteiger partial charge in [-0.25, -0.2) is 8.42 Å². The van der Waals surface area contributed by atoms with Crippen molar-refractivity contribution in [1.29, 1.82) is 0 Å². The maximum atomic E-state index is 13.0. The van der Waals surface area contributed by atoms with Gasteiger partial charge in [-0.1, -0.05) is 19.9 Å². The zero-order valence-corrected chi connectivity index (χ0v) is 17.4. The van der Waals surface area contributed by atoms with Crippen LogP contribution < -0.4 is 0 Å². The van der Waals surface area contributed by atoms with Crippen molar-refractivity contribution in [2.45, 2.75) is 64.3 Å². The Bertz CT molecular complexity index is 903. The molecular formula is C21H27F3O4S. The predicted octanol–water partition coefficient (Wildman–Crippen LogP) is 5.08. The molecule has 0 aromatic rings. The molecule has 2 saturated carbocycles. The quantitative estimate of drug-likeness (QED) is 0.661. The maximum Gasteiger partial charge on any atom is 0.501 e. The minimum absolute atomic E-state index is 0.0986. The standard InChI is InChI=1S/C21H27F3O4S/c1-19-9-7-13(29(27,28)21(22,23)24)11-12(19)3-4-14-15-5-6-17(18(25)26)20(15,2)10-8-16(14)19/h3,11,14-17H,4-10H2,1-2H3,(H,25,26)/t14-,15-,16-,17+,19-,20-/m0/s1. The van der Waals surface area contributed by atoms with E-state index in [1.807, 2.05) is 6.08 Å². The first-order valence-corrected chi connectivity index (χ1v) is 11.8. The molecule has 0 spiro atoms. The van der Waals surface area contributed by atoms with Crippen LogP contribution in [-0.2, 0) is 14.6 Å². The lowest BCUT2D eigenvalue weighted by Crippen LogP contribution is -2.50. The Morgan fingerprint density at radius 1 is 1.14 bits per heavy atom. The van der Waals surface area contributed by atoms with Gasteiger partial charge in [0.2, 0.25) is 0 Å². The molecule has 0 saturated heterocycles. The molecular weight excluding hydrogens is 405 g/mol. The van der Waals surface area contributed by atoms with Gasteiger partial charge >= 0.3 is 11.5 Å². The number of carboxylic acids is 1. The molecule has 0 aromatic heterocycles. The smallest absolute Gasteiger partial charge is 0.481 e. The number of hydrogen-bond donors (Lipinski definition) is 1. The van der Waals surface area contributed by atoms with E-state index in [4.69, 9.17) is 0 Å². The second kappa shape index (κ2) is 6.34. The Labute approximate surface area is 169 Å². The largest absolute Gasteiger partial charge is 0.501 e. The lowest BCUT2D eigenvalue weighted by molar-refractivity contribution is -0.148. The molecule has 0 bridgehead atoms. The second-order valence-corrected chi connectivity index (χ2v) is 11.8. The molecule has 0 heterocycles. The van der Waals surface area contributed by atoms with Crippen LogP contribution in [-0.4, -0.2) is 25.0 Å². The normalized spacial score (nSPS) is 42.2. The first-order valence-electron chi connectivity index (χ1n) is 10.3. The molecule has 2 fully saturated rings. The highest BCUT2D eigenvalue weighted by molar-refractivity contribution is 7.96. The third-order valence-electron chi connectivity index (χ3n) is 8.68. The topological polar surface area (TPSA) is 71.4 Å². The molecule has 8 heteroatoms. The number of aliphatic carboxylic acids is 1. The fraction of sp³-hybridized carbons (Fsp3) is 0.762. The fourth-order valence-corrected chi connectivity index (χ4v) is 8.02. The van der Waals surface area contributed by atoms with Crippen LogP contribution in [0.4, 0.5) is 13.2 Å². The highest BCUT2D eigenvalue weighted by atomic mass is 32.2. The zero-order chi connectivity index (χ0) is 21.4. The van der Waals surface area contributed by atoms with Crippen molar-refractivity contribution in [3.05, 3.63) is 22.6 Å². The zero-order valence-electron chi connectivity index (χ0n) is 16.6. The van der Waals surface area contributed by atoms with E-state index in [9.17, 15) is 31.5 Å². The van der Waals surface area contributed by atoms with Gasteiger partial charge in [-0.15, -0.1) is 0 Å². The molecule has 4 nitrogen and oxygen atoms in total. The highest BCUT2D eigenvalue weighted by Gasteiger charge is 2.60. The molecule has 162 valence electrons. The first kappa shape index (κ1) is 20.9. The van der Waals surface area contributed by atoms with Crippen molar-refractivity contribution in [3.8, 4) is 0 Å². The van der Waals surface area contributed by atoms with E-state index in [0.29, 0.717) is 36.7 Å². The molecule has 0 radical (unpaired) electrons. The van der Waals surface area contributed by atoms with E-state index in [1.54, 1.807) is 0 Å². The number of sulfone groups is 1. The highest BCUT2D eigenvalue weighted by Crippen LogP contribution is 2.66. The van der Waals surface area contributed by atoms with Crippen molar-refractivity contribution in [3.63, 3.8) is 0 Å². The van der Waals surface area contributed by atoms with Crippen molar-refractivity contribution in [1.82, 2.24) is 0 Å². The lowest BCUT2D eigenvalue weighted by atomic mass is 9.48. The van der Waals surface area contributed by atoms with Crippen LogP contribution >= 0.6 is 0 Å². The summed E-state index contributed by atoms with van der Waals surface area (Å²) in [6.45, 7) is 4.14. The second-order valence-electron chi connectivity index (χ2n) is 9.76. The van der Waals surface area contributed by atoms with E-state index < -0.39 is 26.2 Å². The molecule has 6 atom stereocenters. The summed E-state index contributed by atoms with van der Waals surface area (Å²) in [5.41, 5.74) is -5.14. The van der Waals surface area contributed by atoms with E-state index in [0.717, 1.165) is 19.3 Å². The Morgan fingerprint density at radius 2 is 1.83 bits per heavy atom. The van der Waals surface area contributed by atoms with E-state index in [-0.39, 0.29) is 29.1 Å². The van der Waals surface area contributed by atoms with Crippen LogP contribution in [0, 0.1) is 34.5 Å². The number of rotatable bonds is 2. The molecule has 0 aliphatic heterocycles. The van der Waals surface area contributed by atoms with Gasteiger partial charge in [0.25, 0.3) is 9.84 Å². The number of halogens is 3. The van der Waals surface area contributed by atoms with E-state index in [2.05, 4.69) is 13.8 Å². The monoisotopic (exact) mass is 432 g/mol. The Balaban J connectivity index is 1.68. The van der Waals surface area contributed by atoms with Gasteiger partial charge in [-0.05, 0) is 85.2 Å². The van der Waals surface area contributed by atoms with Crippen LogP contribution in [0.15, 0.2) is 22.6 Å². The number of carbonyl (C=O) groups is 1. The molecule has 1 N–H and O–H groups in total. The van der Waals surface area contributed by atoms with Crippen LogP contribution in [0.1, 0.15) is 58.8 Å². The number of alkyl halides is 3. The summed E-state index contributed by atoms with van der Waals surface area (Å²) in [7, 11) is -5.29. The van der Waals surface area contributed by atoms with Crippen LogP contribution in [0.5, 0.6) is 0 Å². The summed E-state index contributed by atoms with van der Waals surface area (Å²) in [5, 5.41) is 9.65. The van der Waals surface area contributed by atoms with Gasteiger partial charge in [-0.2, -0.15) is 13.2 Å². The number of fused-ring (bicyclic) bond motifs is 5. The van der Waals surface area contributed by atoms with Gasteiger partial charge in [0.05, 0.1) is 10.8 Å². The van der Waals surface area contributed by atoms with Crippen LogP contribution in [0.25, 0.3) is 0 Å². The molecule has 4 aliphatic carbocycles. The molecule has 29 heavy (non-hydrogen) atoms. The molecule has 0 unspecified atom stereocenters. The van der Waals surface area contributed by atoms with E-state index in [1.165, 1.54) is 6.08 Å². The van der Waals surface area contributed by atoms with Crippen LogP contribution in [0.2, 0.25) is 0 Å². The van der Waals surface area contributed by atoms with Gasteiger partial charge < -0.3 is 5.11 Å². The summed E-state index contributed by atoms with van der Waals surface area (Å²) in [6.07, 6.45) is 7.35. The molecule has 4 aliphatic rings. The SMILES string of the molecule is C[C@]12CC[C@H]3[C@@H](CC=C4C=C(S(=O)(=O)C(F)(F)F)CC[C@@]43C)[C@@H]1CC[C@@H]2C(=O)O. The van der Waals surface area contributed by atoms with Crippen molar-refractivity contribution >= 4 is 15.8 Å². The fourth-order valence-electron chi connectivity index (χ4n) is 7.07. The maximum absolute atomic E-state index is 13.0. The average molecular weight is 433 g/mol. The molecule has 0 amide bonds. The van der Waals surface area contributed by atoms with Crippen molar-refractivity contribution in [2.24, 2.45) is 34.5 Å². The van der Waals surface area contributed by atoms with Gasteiger partial charge in [0.15, 0.2) is 0 Å². The van der Waals surface area contributed by atoms with Crippen molar-refractivity contribution < 1.29 is 31.5 Å². The first-order chi connectivity index (χ1) is 13.3. The van der Waals surface area contributed by atoms with Crippen molar-refractivity contribution in [2.75, 3.05) is 0 Å². The number of carboxylic acid groups (broad SMARTS) is 1. The Morgan fingerprint density at radius 3 is 2.45 bits per heavy atom. The predicted molar refractivity (Wildman–Crippen MR) is 101 cm³/mol. The minimum Gasteiger partial charge on any atom is -0.481 e. The third kappa shape index (κ3) is 2.84. The Hall–Kier alpha value is -1.31. The molecule has 0 aromatic carbocycles. The molecule has 4 rings (SSSR count). The summed E-state index contributed by atoms with van der Waals surface area (Å²) in [4.78, 5) is 11.2. The summed E-state index contributed by atoms with van der Waals surface area (Å²) < 4.78 is 62.8. The van der Waals surface area contributed by atoms with E-state index >= 15 is 0 Å². The summed E-state index contributed by atoms with van der Waals surface area (Å²) in [5.74, 6) is -0.211. The summed E-state index contributed by atoms with van der Waals surface area (Å²) in [6, 6.07) is 0. The Kier molecular flexibility index (Phi) is 4.58. The summed E-state index contributed by atoms with van der Waals surface area (Å²) >= 11 is 0. The number of hydrogen-bond acceptors (Lipinski definition) is 3. The lowest BCUT2D eigenvalue weighted by Gasteiger charge is -2.56. The average Bonchev–Trinajstić information content (AvgIpc) is 2.97. The minimum atomic E-state index is -5.29.